The second kappa shape index (κ2) is 7.32. The van der Waals surface area contributed by atoms with Crippen molar-refractivity contribution in [2.24, 2.45) is 0 Å². The van der Waals surface area contributed by atoms with E-state index >= 15 is 0 Å². The number of hydrogen-bond acceptors (Lipinski definition) is 6. The Morgan fingerprint density at radius 3 is 2.70 bits per heavy atom. The van der Waals surface area contributed by atoms with E-state index in [0.29, 0.717) is 30.5 Å². The lowest BCUT2D eigenvalue weighted by atomic mass is 10.2. The van der Waals surface area contributed by atoms with Crippen LogP contribution in [0.3, 0.4) is 0 Å². The molecule has 3 aromatic rings. The van der Waals surface area contributed by atoms with Gasteiger partial charge in [0.1, 0.15) is 6.54 Å². The number of amides is 1. The Kier molecular flexibility index (Phi) is 4.72. The average Bonchev–Trinajstić information content (AvgIpc) is 3.09. The highest BCUT2D eigenvalue weighted by Gasteiger charge is 2.22. The maximum absolute atomic E-state index is 12.6. The number of carbonyl (C=O) groups is 1. The zero-order valence-electron chi connectivity index (χ0n) is 15.2. The Balaban J connectivity index is 1.37. The van der Waals surface area contributed by atoms with Crippen LogP contribution in [0.2, 0.25) is 0 Å². The van der Waals surface area contributed by atoms with Crippen molar-refractivity contribution in [1.29, 1.82) is 0 Å². The molecule has 8 nitrogen and oxygen atoms in total. The van der Waals surface area contributed by atoms with Gasteiger partial charge < -0.3 is 9.42 Å². The molecular formula is C19H21N5O3. The minimum absolute atomic E-state index is 0.0119. The van der Waals surface area contributed by atoms with Gasteiger partial charge in [0.15, 0.2) is 5.76 Å². The number of nitrogens with zero attached hydrogens (tertiary/aromatic N) is 5. The minimum Gasteiger partial charge on any atom is -0.360 e. The first-order chi connectivity index (χ1) is 13.1. The predicted molar refractivity (Wildman–Crippen MR) is 99.1 cm³/mol. The Morgan fingerprint density at radius 2 is 1.96 bits per heavy atom. The van der Waals surface area contributed by atoms with Crippen LogP contribution in [0.25, 0.3) is 10.9 Å². The van der Waals surface area contributed by atoms with Crippen molar-refractivity contribution in [1.82, 2.24) is 24.5 Å². The third-order valence-corrected chi connectivity index (χ3v) is 4.82. The van der Waals surface area contributed by atoms with Gasteiger partial charge in [0.05, 0.1) is 29.5 Å². The van der Waals surface area contributed by atoms with Crippen LogP contribution in [0.4, 0.5) is 0 Å². The maximum atomic E-state index is 12.6. The number of aryl methyl sites for hydroxylation is 1. The van der Waals surface area contributed by atoms with Crippen molar-refractivity contribution in [3.8, 4) is 0 Å². The number of rotatable bonds is 4. The van der Waals surface area contributed by atoms with Crippen molar-refractivity contribution in [3.63, 3.8) is 0 Å². The van der Waals surface area contributed by atoms with Crippen molar-refractivity contribution >= 4 is 16.8 Å². The van der Waals surface area contributed by atoms with Gasteiger partial charge in [-0.15, -0.1) is 0 Å². The van der Waals surface area contributed by atoms with E-state index in [-0.39, 0.29) is 18.0 Å². The molecule has 0 radical (unpaired) electrons. The van der Waals surface area contributed by atoms with Gasteiger partial charge in [0.2, 0.25) is 5.91 Å². The molecule has 8 heteroatoms. The summed E-state index contributed by atoms with van der Waals surface area (Å²) in [5, 5.41) is 4.43. The first-order valence-corrected chi connectivity index (χ1v) is 8.96. The summed E-state index contributed by atoms with van der Waals surface area (Å²) in [5.74, 6) is 0.769. The molecule has 1 aliphatic rings. The summed E-state index contributed by atoms with van der Waals surface area (Å²) >= 11 is 0. The fourth-order valence-corrected chi connectivity index (χ4v) is 3.33. The van der Waals surface area contributed by atoms with E-state index in [1.165, 1.54) is 10.9 Å². The molecule has 1 amide bonds. The molecule has 0 bridgehead atoms. The van der Waals surface area contributed by atoms with Crippen molar-refractivity contribution in [2.45, 2.75) is 20.0 Å². The molecule has 4 rings (SSSR count). The molecule has 27 heavy (non-hydrogen) atoms. The summed E-state index contributed by atoms with van der Waals surface area (Å²) in [6, 6.07) is 9.08. The van der Waals surface area contributed by atoms with Crippen LogP contribution in [-0.4, -0.2) is 56.6 Å². The van der Waals surface area contributed by atoms with Gasteiger partial charge in [-0.3, -0.25) is 19.1 Å². The summed E-state index contributed by atoms with van der Waals surface area (Å²) in [7, 11) is 0. The first kappa shape index (κ1) is 17.4. The smallest absolute Gasteiger partial charge is 0.261 e. The second-order valence-corrected chi connectivity index (χ2v) is 6.79. The molecule has 0 N–H and O–H groups in total. The SMILES string of the molecule is Cc1cc(CN2CCN(C(=O)Cn3cnc4ccccc4c3=O)CC2)on1. The molecule has 1 aromatic carbocycles. The van der Waals surface area contributed by atoms with Crippen LogP contribution in [0.5, 0.6) is 0 Å². The average molecular weight is 367 g/mol. The number of aromatic nitrogens is 3. The highest BCUT2D eigenvalue weighted by Crippen LogP contribution is 2.10. The third kappa shape index (κ3) is 3.75. The molecule has 140 valence electrons. The molecule has 2 aromatic heterocycles. The van der Waals surface area contributed by atoms with E-state index in [0.717, 1.165) is 24.5 Å². The van der Waals surface area contributed by atoms with Crippen molar-refractivity contribution in [2.75, 3.05) is 26.2 Å². The molecule has 3 heterocycles. The van der Waals surface area contributed by atoms with Gasteiger partial charge in [-0.25, -0.2) is 4.98 Å². The minimum atomic E-state index is -0.187. The van der Waals surface area contributed by atoms with Crippen LogP contribution in [-0.2, 0) is 17.9 Å². The number of piperazine rings is 1. The molecule has 0 aliphatic carbocycles. The number of benzene rings is 1. The summed E-state index contributed by atoms with van der Waals surface area (Å²) in [4.78, 5) is 33.4. The first-order valence-electron chi connectivity index (χ1n) is 8.96. The van der Waals surface area contributed by atoms with E-state index in [4.69, 9.17) is 4.52 Å². The van der Waals surface area contributed by atoms with Gasteiger partial charge in [0.25, 0.3) is 5.56 Å². The van der Waals surface area contributed by atoms with Gasteiger partial charge in [-0.1, -0.05) is 17.3 Å². The fraction of sp³-hybridized carbons (Fsp3) is 0.368. The predicted octanol–water partition coefficient (Wildman–Crippen LogP) is 1.04. The summed E-state index contributed by atoms with van der Waals surface area (Å²) in [5.41, 5.74) is 1.32. The lowest BCUT2D eigenvalue weighted by Crippen LogP contribution is -2.49. The van der Waals surface area contributed by atoms with Crippen LogP contribution < -0.4 is 5.56 Å². The van der Waals surface area contributed by atoms with Gasteiger partial charge in [-0.05, 0) is 19.1 Å². The van der Waals surface area contributed by atoms with Crippen LogP contribution in [0.15, 0.2) is 46.0 Å². The van der Waals surface area contributed by atoms with Crippen LogP contribution in [0.1, 0.15) is 11.5 Å². The lowest BCUT2D eigenvalue weighted by molar-refractivity contribution is -0.133. The monoisotopic (exact) mass is 367 g/mol. The molecule has 0 spiro atoms. The normalized spacial score (nSPS) is 15.4. The highest BCUT2D eigenvalue weighted by atomic mass is 16.5. The van der Waals surface area contributed by atoms with Crippen LogP contribution >= 0.6 is 0 Å². The number of hydrogen-bond donors (Lipinski definition) is 0. The molecule has 0 atom stereocenters. The topological polar surface area (TPSA) is 84.5 Å². The number of fused-ring (bicyclic) bond motifs is 1. The summed E-state index contributed by atoms with van der Waals surface area (Å²) in [6.45, 7) is 5.37. The Bertz CT molecular complexity index is 1020. The molecule has 0 saturated carbocycles. The molecule has 1 saturated heterocycles. The Hall–Kier alpha value is -3.00. The Labute approximate surface area is 156 Å². The summed E-state index contributed by atoms with van der Waals surface area (Å²) < 4.78 is 6.63. The summed E-state index contributed by atoms with van der Waals surface area (Å²) in [6.07, 6.45) is 1.45. The maximum Gasteiger partial charge on any atom is 0.261 e. The van der Waals surface area contributed by atoms with Gasteiger partial charge in [0, 0.05) is 32.2 Å². The largest absolute Gasteiger partial charge is 0.360 e. The molecule has 0 unspecified atom stereocenters. The zero-order valence-corrected chi connectivity index (χ0v) is 15.2. The zero-order chi connectivity index (χ0) is 18.8. The molecule has 1 fully saturated rings. The number of carbonyl (C=O) groups excluding carboxylic acids is 1. The Morgan fingerprint density at radius 1 is 1.19 bits per heavy atom. The third-order valence-electron chi connectivity index (χ3n) is 4.82. The van der Waals surface area contributed by atoms with Gasteiger partial charge in [-0.2, -0.15) is 0 Å². The van der Waals surface area contributed by atoms with Crippen LogP contribution in [0, 0.1) is 6.92 Å². The van der Waals surface area contributed by atoms with E-state index in [9.17, 15) is 9.59 Å². The van der Waals surface area contributed by atoms with E-state index < -0.39 is 0 Å². The number of para-hydroxylation sites is 1. The second-order valence-electron chi connectivity index (χ2n) is 6.79. The van der Waals surface area contributed by atoms with Crippen molar-refractivity contribution in [3.05, 3.63) is 58.5 Å². The van der Waals surface area contributed by atoms with E-state index in [2.05, 4.69) is 15.0 Å². The lowest BCUT2D eigenvalue weighted by Gasteiger charge is -2.34. The van der Waals surface area contributed by atoms with E-state index in [1.54, 1.807) is 23.1 Å². The molecular weight excluding hydrogens is 346 g/mol. The van der Waals surface area contributed by atoms with Crippen molar-refractivity contribution < 1.29 is 9.32 Å². The molecule has 1 aliphatic heterocycles. The van der Waals surface area contributed by atoms with E-state index in [1.807, 2.05) is 19.1 Å². The van der Waals surface area contributed by atoms with Gasteiger partial charge >= 0.3 is 0 Å². The fourth-order valence-electron chi connectivity index (χ4n) is 3.33. The standard InChI is InChI=1S/C19H21N5O3/c1-14-10-15(27-21-14)11-22-6-8-23(9-7-22)18(25)12-24-13-20-17-5-3-2-4-16(17)19(24)26/h2-5,10,13H,6-9,11-12H2,1H3. The highest BCUT2D eigenvalue weighted by molar-refractivity contribution is 5.79. The quantitative estimate of drug-likeness (QED) is 0.685.